The molecule has 1 fully saturated rings. The molecule has 0 saturated carbocycles. The number of ether oxygens (including phenoxy) is 1. The smallest absolute Gasteiger partial charge is 0.246 e. The predicted octanol–water partition coefficient (Wildman–Crippen LogP) is 2.99. The number of phenols is 1. The molecule has 1 atom stereocenters. The van der Waals surface area contributed by atoms with Crippen LogP contribution in [0.4, 0.5) is 5.69 Å². The first-order chi connectivity index (χ1) is 14.5. The molecule has 1 aliphatic rings. The van der Waals surface area contributed by atoms with E-state index in [1.54, 1.807) is 12.1 Å². The zero-order chi connectivity index (χ0) is 21.5. The van der Waals surface area contributed by atoms with Gasteiger partial charge in [-0.25, -0.2) is 4.99 Å². The molecular formula is C23H30N4O3. The van der Waals surface area contributed by atoms with Gasteiger partial charge in [-0.3, -0.25) is 4.79 Å². The summed E-state index contributed by atoms with van der Waals surface area (Å²) in [5.41, 5.74) is 4.26. The molecule has 0 radical (unpaired) electrons. The fraction of sp³-hybridized carbons (Fsp3) is 0.391. The number of hydrogen-bond donors (Lipinski definition) is 3. The number of aromatic hydroxyl groups is 1. The number of carbonyl (C=O) groups excluding carboxylic acids is 1. The second kappa shape index (κ2) is 10.1. The molecule has 3 rings (SSSR count). The molecule has 7 heteroatoms. The van der Waals surface area contributed by atoms with Gasteiger partial charge in [-0.05, 0) is 56.2 Å². The Kier molecular flexibility index (Phi) is 7.30. The fourth-order valence-electron chi connectivity index (χ4n) is 3.53. The number of benzene rings is 2. The molecule has 0 bridgehead atoms. The van der Waals surface area contributed by atoms with E-state index in [1.807, 2.05) is 6.92 Å². The molecule has 0 aliphatic carbocycles. The normalized spacial score (nSPS) is 17.0. The van der Waals surface area contributed by atoms with Crippen LogP contribution in [0.15, 0.2) is 47.5 Å². The number of guanidine groups is 1. The lowest BCUT2D eigenvalue weighted by Crippen LogP contribution is -2.48. The lowest BCUT2D eigenvalue weighted by Gasteiger charge is -2.35. The minimum atomic E-state index is -0.213. The summed E-state index contributed by atoms with van der Waals surface area (Å²) in [6, 6.07) is 12.8. The first kappa shape index (κ1) is 21.6. The number of hydrogen-bond acceptors (Lipinski definition) is 4. The molecule has 0 spiro atoms. The van der Waals surface area contributed by atoms with Crippen molar-refractivity contribution >= 4 is 17.6 Å². The van der Waals surface area contributed by atoms with Gasteiger partial charge in [0.05, 0.1) is 13.2 Å². The highest BCUT2D eigenvalue weighted by atomic mass is 16.5. The molecule has 160 valence electrons. The maximum Gasteiger partial charge on any atom is 0.246 e. The second-order valence-corrected chi connectivity index (χ2v) is 7.43. The summed E-state index contributed by atoms with van der Waals surface area (Å²) in [5.74, 6) is 0.651. The van der Waals surface area contributed by atoms with Crippen molar-refractivity contribution in [2.45, 2.75) is 26.9 Å². The van der Waals surface area contributed by atoms with E-state index in [4.69, 9.17) is 4.74 Å². The van der Waals surface area contributed by atoms with Gasteiger partial charge in [-0.15, -0.1) is 0 Å². The second-order valence-electron chi connectivity index (χ2n) is 7.43. The average Bonchev–Trinajstić information content (AvgIpc) is 2.73. The minimum Gasteiger partial charge on any atom is -0.508 e. The van der Waals surface area contributed by atoms with Crippen LogP contribution >= 0.6 is 0 Å². The Hall–Kier alpha value is -3.06. The minimum absolute atomic E-state index is 0.00872. The number of rotatable bonds is 5. The third kappa shape index (κ3) is 5.73. The molecule has 1 aliphatic heterocycles. The number of nitrogens with one attached hydrogen (secondary N) is 2. The van der Waals surface area contributed by atoms with Gasteiger partial charge in [0.15, 0.2) is 5.96 Å². The van der Waals surface area contributed by atoms with Crippen LogP contribution < -0.4 is 10.6 Å². The number of carbonyl (C=O) groups is 1. The summed E-state index contributed by atoms with van der Waals surface area (Å²) in [5, 5.41) is 15.4. The lowest BCUT2D eigenvalue weighted by molar-refractivity contribution is -0.114. The summed E-state index contributed by atoms with van der Waals surface area (Å²) in [4.78, 5) is 19.0. The van der Waals surface area contributed by atoms with Gasteiger partial charge in [0.1, 0.15) is 18.4 Å². The number of aryl methyl sites for hydroxylation is 2. The van der Waals surface area contributed by atoms with E-state index in [0.717, 1.165) is 0 Å². The van der Waals surface area contributed by atoms with Crippen LogP contribution in [0.2, 0.25) is 0 Å². The van der Waals surface area contributed by atoms with Gasteiger partial charge in [0, 0.05) is 18.8 Å². The SMILES string of the molecule is CCNC(=NCC(=O)Nc1ccc(O)cc1)N1CCOC(c2ccc(C)cc2C)C1. The van der Waals surface area contributed by atoms with Gasteiger partial charge in [0.25, 0.3) is 0 Å². The molecule has 3 N–H and O–H groups in total. The topological polar surface area (TPSA) is 86.2 Å². The van der Waals surface area contributed by atoms with Crippen molar-refractivity contribution in [3.8, 4) is 5.75 Å². The molecule has 2 aromatic carbocycles. The first-order valence-electron chi connectivity index (χ1n) is 10.3. The zero-order valence-electron chi connectivity index (χ0n) is 17.8. The standard InChI is InChI=1S/C23H30N4O3/c1-4-24-23(25-14-22(29)26-18-6-8-19(28)9-7-18)27-11-12-30-21(15-27)20-10-5-16(2)13-17(20)3/h5-10,13,21,28H,4,11-12,14-15H2,1-3H3,(H,24,25)(H,26,29). The van der Waals surface area contributed by atoms with Crippen molar-refractivity contribution in [1.29, 1.82) is 0 Å². The summed E-state index contributed by atoms with van der Waals surface area (Å²) >= 11 is 0. The Morgan fingerprint density at radius 3 is 2.70 bits per heavy atom. The largest absolute Gasteiger partial charge is 0.508 e. The molecule has 1 saturated heterocycles. The first-order valence-corrected chi connectivity index (χ1v) is 10.3. The number of phenolic OH excluding ortho intramolecular Hbond substituents is 1. The molecule has 1 heterocycles. The van der Waals surface area contributed by atoms with Crippen LogP contribution in [0.1, 0.15) is 29.7 Å². The van der Waals surface area contributed by atoms with Crippen LogP contribution in [0.3, 0.4) is 0 Å². The van der Waals surface area contributed by atoms with Gasteiger partial charge < -0.3 is 25.4 Å². The Bertz CT molecular complexity index is 896. The van der Waals surface area contributed by atoms with Crippen molar-refractivity contribution < 1.29 is 14.6 Å². The average molecular weight is 411 g/mol. The number of anilines is 1. The maximum atomic E-state index is 12.3. The van der Waals surface area contributed by atoms with Gasteiger partial charge in [-0.1, -0.05) is 23.8 Å². The van der Waals surface area contributed by atoms with Crippen molar-refractivity contribution in [1.82, 2.24) is 10.2 Å². The monoisotopic (exact) mass is 410 g/mol. The van der Waals surface area contributed by atoms with E-state index < -0.39 is 0 Å². The number of nitrogens with zero attached hydrogens (tertiary/aromatic N) is 2. The molecule has 0 aromatic heterocycles. The Morgan fingerprint density at radius 2 is 2.00 bits per heavy atom. The molecule has 7 nitrogen and oxygen atoms in total. The van der Waals surface area contributed by atoms with Crippen LogP contribution in [0, 0.1) is 13.8 Å². The van der Waals surface area contributed by atoms with Crippen LogP contribution in [-0.4, -0.2) is 54.7 Å². The van der Waals surface area contributed by atoms with E-state index >= 15 is 0 Å². The van der Waals surface area contributed by atoms with Gasteiger partial charge in [0.2, 0.25) is 5.91 Å². The van der Waals surface area contributed by atoms with E-state index in [-0.39, 0.29) is 24.3 Å². The van der Waals surface area contributed by atoms with Crippen LogP contribution in [0.25, 0.3) is 0 Å². The third-order valence-corrected chi connectivity index (χ3v) is 5.00. The van der Waals surface area contributed by atoms with Crippen LogP contribution in [-0.2, 0) is 9.53 Å². The van der Waals surface area contributed by atoms with Crippen molar-refractivity contribution in [3.05, 3.63) is 59.2 Å². The summed E-state index contributed by atoms with van der Waals surface area (Å²) in [6.07, 6.45) is -0.0333. The highest BCUT2D eigenvalue weighted by molar-refractivity contribution is 5.94. The van der Waals surface area contributed by atoms with Crippen molar-refractivity contribution in [2.24, 2.45) is 4.99 Å². The fourth-order valence-corrected chi connectivity index (χ4v) is 3.53. The summed E-state index contributed by atoms with van der Waals surface area (Å²) in [7, 11) is 0. The molecule has 30 heavy (non-hydrogen) atoms. The molecule has 1 unspecified atom stereocenters. The Balaban J connectivity index is 1.66. The number of aliphatic imine (C=N–C) groups is 1. The van der Waals surface area contributed by atoms with Crippen molar-refractivity contribution in [2.75, 3.05) is 38.1 Å². The lowest BCUT2D eigenvalue weighted by atomic mass is 10.00. The molecule has 1 amide bonds. The summed E-state index contributed by atoms with van der Waals surface area (Å²) < 4.78 is 6.03. The number of morpholine rings is 1. The van der Waals surface area contributed by atoms with E-state index in [1.165, 1.54) is 28.8 Å². The van der Waals surface area contributed by atoms with Gasteiger partial charge in [-0.2, -0.15) is 0 Å². The Morgan fingerprint density at radius 1 is 1.23 bits per heavy atom. The Labute approximate surface area is 177 Å². The zero-order valence-corrected chi connectivity index (χ0v) is 17.8. The van der Waals surface area contributed by atoms with E-state index in [0.29, 0.717) is 37.9 Å². The maximum absolute atomic E-state index is 12.3. The highest BCUT2D eigenvalue weighted by Gasteiger charge is 2.25. The van der Waals surface area contributed by atoms with E-state index in [9.17, 15) is 9.90 Å². The van der Waals surface area contributed by atoms with Gasteiger partial charge >= 0.3 is 0 Å². The molecular weight excluding hydrogens is 380 g/mol. The number of amides is 1. The predicted molar refractivity (Wildman–Crippen MR) is 119 cm³/mol. The van der Waals surface area contributed by atoms with Crippen molar-refractivity contribution in [3.63, 3.8) is 0 Å². The quantitative estimate of drug-likeness (QED) is 0.401. The molecule has 2 aromatic rings. The van der Waals surface area contributed by atoms with E-state index in [2.05, 4.69) is 52.6 Å². The van der Waals surface area contributed by atoms with Crippen LogP contribution in [0.5, 0.6) is 5.75 Å². The summed E-state index contributed by atoms with van der Waals surface area (Å²) in [6.45, 7) is 8.92. The highest BCUT2D eigenvalue weighted by Crippen LogP contribution is 2.26. The third-order valence-electron chi connectivity index (χ3n) is 5.00.